The number of aliphatic hydroxyl groups excluding tert-OH is 1. The van der Waals surface area contributed by atoms with E-state index in [2.05, 4.69) is 10.2 Å². The molecule has 0 bridgehead atoms. The zero-order valence-electron chi connectivity index (χ0n) is 8.51. The van der Waals surface area contributed by atoms with Crippen molar-refractivity contribution in [3.63, 3.8) is 0 Å². The molecular formula is C10H12N4O. The molecule has 5 nitrogen and oxygen atoms in total. The maximum atomic E-state index is 9.43. The van der Waals surface area contributed by atoms with Crippen LogP contribution in [0.3, 0.4) is 0 Å². The number of aliphatic hydroxyl groups is 1. The van der Waals surface area contributed by atoms with Crippen LogP contribution in [0, 0.1) is 18.3 Å². The van der Waals surface area contributed by atoms with Gasteiger partial charge in [0.25, 0.3) is 0 Å². The SMILES string of the molecule is Cc1cc(N2CCC(O)C2)c(C#N)nn1. The lowest BCUT2D eigenvalue weighted by molar-refractivity contribution is 0.198. The fourth-order valence-electron chi connectivity index (χ4n) is 1.76. The highest BCUT2D eigenvalue weighted by Crippen LogP contribution is 2.22. The Bertz CT molecular complexity index is 412. The summed E-state index contributed by atoms with van der Waals surface area (Å²) in [6.07, 6.45) is 0.441. The van der Waals surface area contributed by atoms with Crippen molar-refractivity contribution < 1.29 is 5.11 Å². The van der Waals surface area contributed by atoms with E-state index >= 15 is 0 Å². The van der Waals surface area contributed by atoms with Gasteiger partial charge in [-0.1, -0.05) is 0 Å². The standard InChI is InChI=1S/C10H12N4O/c1-7-4-10(9(5-11)13-12-7)14-3-2-8(15)6-14/h4,8,15H,2-3,6H2,1H3. The fourth-order valence-corrected chi connectivity index (χ4v) is 1.76. The van der Waals surface area contributed by atoms with Gasteiger partial charge < -0.3 is 10.0 Å². The molecule has 1 N–H and O–H groups in total. The molecule has 2 rings (SSSR count). The van der Waals surface area contributed by atoms with Crippen molar-refractivity contribution in [2.75, 3.05) is 18.0 Å². The van der Waals surface area contributed by atoms with Crippen LogP contribution < -0.4 is 4.90 Å². The van der Waals surface area contributed by atoms with Gasteiger partial charge >= 0.3 is 0 Å². The second-order valence-electron chi connectivity index (χ2n) is 3.72. The number of hydrogen-bond donors (Lipinski definition) is 1. The van der Waals surface area contributed by atoms with Crippen molar-refractivity contribution in [3.05, 3.63) is 17.5 Å². The Morgan fingerprint density at radius 3 is 3.00 bits per heavy atom. The molecule has 0 saturated carbocycles. The van der Waals surface area contributed by atoms with Crippen LogP contribution in [0.15, 0.2) is 6.07 Å². The van der Waals surface area contributed by atoms with Crippen molar-refractivity contribution in [1.29, 1.82) is 5.26 Å². The van der Waals surface area contributed by atoms with E-state index in [0.29, 0.717) is 12.2 Å². The molecule has 0 amide bonds. The minimum absolute atomic E-state index is 0.301. The molecule has 1 aliphatic heterocycles. The third-order valence-corrected chi connectivity index (χ3v) is 2.51. The lowest BCUT2D eigenvalue weighted by Crippen LogP contribution is -2.22. The summed E-state index contributed by atoms with van der Waals surface area (Å²) in [4.78, 5) is 1.98. The van der Waals surface area contributed by atoms with Crippen LogP contribution >= 0.6 is 0 Å². The van der Waals surface area contributed by atoms with Gasteiger partial charge in [-0.05, 0) is 19.4 Å². The van der Waals surface area contributed by atoms with Crippen LogP contribution in [0.1, 0.15) is 17.8 Å². The number of aryl methyl sites for hydroxylation is 1. The maximum absolute atomic E-state index is 9.43. The van der Waals surface area contributed by atoms with Crippen molar-refractivity contribution >= 4 is 5.69 Å². The van der Waals surface area contributed by atoms with Crippen LogP contribution in [-0.4, -0.2) is 34.5 Å². The van der Waals surface area contributed by atoms with E-state index in [1.54, 1.807) is 0 Å². The number of nitriles is 1. The summed E-state index contributed by atoms with van der Waals surface area (Å²) in [5.41, 5.74) is 1.89. The van der Waals surface area contributed by atoms with Crippen molar-refractivity contribution in [2.24, 2.45) is 0 Å². The second-order valence-corrected chi connectivity index (χ2v) is 3.72. The molecule has 1 aromatic rings. The average molecular weight is 204 g/mol. The van der Waals surface area contributed by atoms with Gasteiger partial charge in [0, 0.05) is 13.1 Å². The highest BCUT2D eigenvalue weighted by atomic mass is 16.3. The first-order chi connectivity index (χ1) is 7.20. The lowest BCUT2D eigenvalue weighted by atomic mass is 10.2. The molecule has 1 aliphatic rings. The summed E-state index contributed by atoms with van der Waals surface area (Å²) in [5, 5.41) is 26.0. The monoisotopic (exact) mass is 204 g/mol. The van der Waals surface area contributed by atoms with E-state index in [-0.39, 0.29) is 6.10 Å². The van der Waals surface area contributed by atoms with Crippen molar-refractivity contribution in [3.8, 4) is 6.07 Å². The first-order valence-corrected chi connectivity index (χ1v) is 4.88. The van der Waals surface area contributed by atoms with Gasteiger partial charge in [0.2, 0.25) is 0 Å². The normalized spacial score (nSPS) is 20.3. The fraction of sp³-hybridized carbons (Fsp3) is 0.500. The summed E-state index contributed by atoms with van der Waals surface area (Å²) in [6.45, 7) is 3.17. The first-order valence-electron chi connectivity index (χ1n) is 4.88. The third kappa shape index (κ3) is 1.90. The van der Waals surface area contributed by atoms with Crippen LogP contribution in [0.2, 0.25) is 0 Å². The molecule has 0 radical (unpaired) electrons. The molecule has 2 heterocycles. The van der Waals surface area contributed by atoms with Gasteiger partial charge in [0.15, 0.2) is 5.69 Å². The Hall–Kier alpha value is -1.67. The molecule has 1 atom stereocenters. The van der Waals surface area contributed by atoms with Gasteiger partial charge in [-0.25, -0.2) is 0 Å². The molecule has 78 valence electrons. The number of anilines is 1. The Labute approximate surface area is 88.0 Å². The maximum Gasteiger partial charge on any atom is 0.186 e. The predicted molar refractivity (Wildman–Crippen MR) is 54.3 cm³/mol. The summed E-state index contributed by atoms with van der Waals surface area (Å²) in [7, 11) is 0. The highest BCUT2D eigenvalue weighted by molar-refractivity contribution is 5.56. The van der Waals surface area contributed by atoms with Crippen LogP contribution in [0.25, 0.3) is 0 Å². The zero-order valence-corrected chi connectivity index (χ0v) is 8.51. The Morgan fingerprint density at radius 1 is 1.60 bits per heavy atom. The summed E-state index contributed by atoms with van der Waals surface area (Å²) in [6, 6.07) is 3.85. The van der Waals surface area contributed by atoms with Gasteiger partial charge in [0.05, 0.1) is 17.5 Å². The van der Waals surface area contributed by atoms with E-state index in [1.165, 1.54) is 0 Å². The molecular weight excluding hydrogens is 192 g/mol. The predicted octanol–water partition coefficient (Wildman–Crippen LogP) is 0.228. The van der Waals surface area contributed by atoms with Crippen LogP contribution in [0.5, 0.6) is 0 Å². The number of aromatic nitrogens is 2. The lowest BCUT2D eigenvalue weighted by Gasteiger charge is -2.18. The van der Waals surface area contributed by atoms with Gasteiger partial charge in [-0.15, -0.1) is 5.10 Å². The minimum Gasteiger partial charge on any atom is -0.391 e. The minimum atomic E-state index is -0.301. The van der Waals surface area contributed by atoms with Gasteiger partial charge in [-0.3, -0.25) is 0 Å². The van der Waals surface area contributed by atoms with E-state index in [4.69, 9.17) is 5.26 Å². The highest BCUT2D eigenvalue weighted by Gasteiger charge is 2.23. The number of β-amino-alcohol motifs (C(OH)–C–C–N with tert-alkyl or cyclic N) is 1. The molecule has 1 unspecified atom stereocenters. The zero-order chi connectivity index (χ0) is 10.8. The molecule has 0 spiro atoms. The summed E-state index contributed by atoms with van der Waals surface area (Å²) >= 11 is 0. The van der Waals surface area contributed by atoms with Gasteiger partial charge in [-0.2, -0.15) is 10.4 Å². The van der Waals surface area contributed by atoms with Crippen molar-refractivity contribution in [1.82, 2.24) is 10.2 Å². The molecule has 1 aromatic heterocycles. The second kappa shape index (κ2) is 3.83. The molecule has 15 heavy (non-hydrogen) atoms. The smallest absolute Gasteiger partial charge is 0.186 e. The molecule has 0 aliphatic carbocycles. The van der Waals surface area contributed by atoms with Crippen molar-refractivity contribution in [2.45, 2.75) is 19.4 Å². The Morgan fingerprint density at radius 2 is 2.40 bits per heavy atom. The molecule has 0 aromatic carbocycles. The summed E-state index contributed by atoms with van der Waals surface area (Å²) < 4.78 is 0. The Kier molecular flexibility index (Phi) is 2.52. The number of nitrogens with zero attached hydrogens (tertiary/aromatic N) is 4. The number of rotatable bonds is 1. The summed E-state index contributed by atoms with van der Waals surface area (Å²) in [5.74, 6) is 0. The third-order valence-electron chi connectivity index (χ3n) is 2.51. The van der Waals surface area contributed by atoms with E-state index < -0.39 is 0 Å². The van der Waals surface area contributed by atoms with Crippen LogP contribution in [0.4, 0.5) is 5.69 Å². The van der Waals surface area contributed by atoms with E-state index in [1.807, 2.05) is 24.0 Å². The Balaban J connectivity index is 2.34. The molecule has 1 fully saturated rings. The van der Waals surface area contributed by atoms with Gasteiger partial charge in [0.1, 0.15) is 6.07 Å². The molecule has 1 saturated heterocycles. The molecule has 5 heteroatoms. The first kappa shape index (κ1) is 9.87. The average Bonchev–Trinajstić information content (AvgIpc) is 2.65. The van der Waals surface area contributed by atoms with E-state index in [0.717, 1.165) is 24.3 Å². The van der Waals surface area contributed by atoms with Crippen LogP contribution in [-0.2, 0) is 0 Å². The van der Waals surface area contributed by atoms with E-state index in [9.17, 15) is 5.11 Å². The quantitative estimate of drug-likeness (QED) is 0.708. The largest absolute Gasteiger partial charge is 0.391 e. The number of hydrogen-bond acceptors (Lipinski definition) is 5. The topological polar surface area (TPSA) is 73.0 Å².